The predicted molar refractivity (Wildman–Crippen MR) is 52.1 cm³/mol. The minimum atomic E-state index is -0.521. The Bertz CT molecular complexity index is 513. The van der Waals surface area contributed by atoms with E-state index in [-0.39, 0.29) is 5.95 Å². The highest BCUT2D eigenvalue weighted by molar-refractivity contribution is 5.50. The summed E-state index contributed by atoms with van der Waals surface area (Å²) in [5.74, 6) is 0.423. The van der Waals surface area contributed by atoms with Gasteiger partial charge in [0.15, 0.2) is 5.82 Å². The van der Waals surface area contributed by atoms with Crippen molar-refractivity contribution in [2.24, 2.45) is 14.1 Å². The van der Waals surface area contributed by atoms with Crippen LogP contribution in [0.15, 0.2) is 18.6 Å². The molecule has 2 heterocycles. The maximum atomic E-state index is 10.6. The lowest BCUT2D eigenvalue weighted by Gasteiger charge is -1.91. The summed E-state index contributed by atoms with van der Waals surface area (Å²) in [7, 11) is 3.39. The number of imidazole rings is 2. The highest BCUT2D eigenvalue weighted by Crippen LogP contribution is 2.18. The van der Waals surface area contributed by atoms with Crippen molar-refractivity contribution in [2.75, 3.05) is 0 Å². The molecule has 0 atom stereocenters. The van der Waals surface area contributed by atoms with E-state index in [1.165, 1.54) is 4.57 Å². The van der Waals surface area contributed by atoms with Crippen molar-refractivity contribution in [3.8, 4) is 11.5 Å². The maximum absolute atomic E-state index is 10.6. The molecule has 2 aromatic rings. The maximum Gasteiger partial charge on any atom is 0.435 e. The summed E-state index contributed by atoms with van der Waals surface area (Å²) in [6.45, 7) is 0. The van der Waals surface area contributed by atoms with Gasteiger partial charge in [-0.25, -0.2) is 9.55 Å². The van der Waals surface area contributed by atoms with Crippen molar-refractivity contribution in [1.29, 1.82) is 0 Å². The van der Waals surface area contributed by atoms with Crippen LogP contribution in [0.1, 0.15) is 0 Å². The van der Waals surface area contributed by atoms with E-state index in [4.69, 9.17) is 0 Å². The van der Waals surface area contributed by atoms with Gasteiger partial charge >= 0.3 is 5.95 Å². The number of hydrogen-bond donors (Lipinski definition) is 0. The van der Waals surface area contributed by atoms with Crippen molar-refractivity contribution in [3.05, 3.63) is 28.7 Å². The molecule has 0 saturated heterocycles. The van der Waals surface area contributed by atoms with Gasteiger partial charge in [0, 0.05) is 19.4 Å². The third-order valence-corrected chi connectivity index (χ3v) is 2.07. The average molecular weight is 207 g/mol. The first-order valence-corrected chi connectivity index (χ1v) is 4.25. The van der Waals surface area contributed by atoms with E-state index in [0.29, 0.717) is 11.5 Å². The van der Waals surface area contributed by atoms with Crippen molar-refractivity contribution < 1.29 is 4.92 Å². The van der Waals surface area contributed by atoms with E-state index in [1.54, 1.807) is 30.2 Å². The van der Waals surface area contributed by atoms with Gasteiger partial charge in [0.1, 0.15) is 6.20 Å². The molecule has 0 unspecified atom stereocenters. The summed E-state index contributed by atoms with van der Waals surface area (Å²) < 4.78 is 3.12. The summed E-state index contributed by atoms with van der Waals surface area (Å²) in [5.41, 5.74) is 0.497. The molecule has 0 saturated carbocycles. The van der Waals surface area contributed by atoms with E-state index in [1.807, 2.05) is 7.05 Å². The zero-order valence-corrected chi connectivity index (χ0v) is 8.28. The van der Waals surface area contributed by atoms with Gasteiger partial charge in [-0.2, -0.15) is 0 Å². The Hall–Kier alpha value is -2.18. The zero-order valence-electron chi connectivity index (χ0n) is 8.28. The fourth-order valence-corrected chi connectivity index (χ4v) is 1.35. The molecule has 2 rings (SSSR count). The Kier molecular flexibility index (Phi) is 2.00. The third kappa shape index (κ3) is 1.47. The molecule has 0 amide bonds. The molecule has 2 aromatic heterocycles. The molecule has 0 aliphatic carbocycles. The van der Waals surface area contributed by atoms with Gasteiger partial charge in [0.2, 0.25) is 5.69 Å². The van der Waals surface area contributed by atoms with Crippen molar-refractivity contribution in [1.82, 2.24) is 19.1 Å². The second kappa shape index (κ2) is 3.19. The van der Waals surface area contributed by atoms with E-state index < -0.39 is 4.92 Å². The van der Waals surface area contributed by atoms with Crippen LogP contribution >= 0.6 is 0 Å². The Morgan fingerprint density at radius 1 is 1.40 bits per heavy atom. The van der Waals surface area contributed by atoms with Crippen LogP contribution in [0.3, 0.4) is 0 Å². The van der Waals surface area contributed by atoms with Crippen LogP contribution in [0.5, 0.6) is 0 Å². The van der Waals surface area contributed by atoms with E-state index >= 15 is 0 Å². The van der Waals surface area contributed by atoms with Gasteiger partial charge in [-0.1, -0.05) is 4.98 Å². The minimum Gasteiger partial charge on any atom is -0.390 e. The molecular weight excluding hydrogens is 198 g/mol. The normalized spacial score (nSPS) is 10.5. The first-order valence-electron chi connectivity index (χ1n) is 4.25. The fraction of sp³-hybridized carbons (Fsp3) is 0.250. The lowest BCUT2D eigenvalue weighted by molar-refractivity contribution is -0.396. The molecule has 0 spiro atoms. The molecule has 0 N–H and O–H groups in total. The number of rotatable bonds is 2. The first kappa shape index (κ1) is 9.38. The Morgan fingerprint density at radius 2 is 2.13 bits per heavy atom. The number of hydrogen-bond acceptors (Lipinski definition) is 4. The number of nitro groups is 1. The molecule has 0 fully saturated rings. The molecular formula is C8H9N5O2. The standard InChI is InChI=1S/C8H9N5O2/c1-11-4-3-9-7(11)6-5-12(2)8(10-6)13(14)15/h3-5H,1-2H3. The smallest absolute Gasteiger partial charge is 0.390 e. The number of aromatic nitrogens is 4. The predicted octanol–water partition coefficient (Wildman–Crippen LogP) is 0.729. The monoisotopic (exact) mass is 207 g/mol. The second-order valence-electron chi connectivity index (χ2n) is 3.16. The van der Waals surface area contributed by atoms with Gasteiger partial charge < -0.3 is 14.7 Å². The molecule has 0 radical (unpaired) electrons. The van der Waals surface area contributed by atoms with Gasteiger partial charge in [-0.3, -0.25) is 0 Å². The van der Waals surface area contributed by atoms with Gasteiger partial charge in [-0.15, -0.1) is 0 Å². The molecule has 78 valence electrons. The van der Waals surface area contributed by atoms with Crippen LogP contribution in [0.4, 0.5) is 5.95 Å². The fourth-order valence-electron chi connectivity index (χ4n) is 1.35. The van der Waals surface area contributed by atoms with E-state index in [0.717, 1.165) is 0 Å². The van der Waals surface area contributed by atoms with Crippen LogP contribution in [-0.2, 0) is 14.1 Å². The summed E-state index contributed by atoms with van der Waals surface area (Å²) in [4.78, 5) is 18.0. The lowest BCUT2D eigenvalue weighted by Crippen LogP contribution is -1.96. The van der Waals surface area contributed by atoms with Crippen molar-refractivity contribution in [2.45, 2.75) is 0 Å². The van der Waals surface area contributed by atoms with Crippen molar-refractivity contribution >= 4 is 5.95 Å². The van der Waals surface area contributed by atoms with Crippen molar-refractivity contribution in [3.63, 3.8) is 0 Å². The minimum absolute atomic E-state index is 0.187. The van der Waals surface area contributed by atoms with Crippen LogP contribution < -0.4 is 0 Å². The summed E-state index contributed by atoms with van der Waals surface area (Å²) in [5, 5.41) is 10.6. The van der Waals surface area contributed by atoms with Gasteiger partial charge in [-0.05, 0) is 4.92 Å². The SMILES string of the molecule is Cn1ccnc1-c1cn(C)c([N+](=O)[O-])n1. The quantitative estimate of drug-likeness (QED) is 0.537. The molecule has 7 nitrogen and oxygen atoms in total. The molecule has 0 aromatic carbocycles. The molecule has 15 heavy (non-hydrogen) atoms. The third-order valence-electron chi connectivity index (χ3n) is 2.07. The summed E-state index contributed by atoms with van der Waals surface area (Å²) in [6, 6.07) is 0. The molecule has 0 aliphatic rings. The van der Waals surface area contributed by atoms with E-state index in [9.17, 15) is 10.1 Å². The summed E-state index contributed by atoms with van der Waals surface area (Å²) in [6.07, 6.45) is 4.96. The second-order valence-corrected chi connectivity index (χ2v) is 3.16. The zero-order chi connectivity index (χ0) is 11.0. The van der Waals surface area contributed by atoms with Gasteiger partial charge in [0.25, 0.3) is 0 Å². The number of nitrogens with zero attached hydrogens (tertiary/aromatic N) is 5. The lowest BCUT2D eigenvalue weighted by atomic mass is 10.4. The van der Waals surface area contributed by atoms with Crippen LogP contribution in [-0.4, -0.2) is 24.0 Å². The summed E-state index contributed by atoms with van der Waals surface area (Å²) >= 11 is 0. The number of aryl methyl sites for hydroxylation is 2. The first-order chi connectivity index (χ1) is 7.09. The average Bonchev–Trinajstić information content (AvgIpc) is 2.71. The largest absolute Gasteiger partial charge is 0.435 e. The highest BCUT2D eigenvalue weighted by atomic mass is 16.6. The topological polar surface area (TPSA) is 78.8 Å². The van der Waals surface area contributed by atoms with Gasteiger partial charge in [0.05, 0.1) is 7.05 Å². The Balaban J connectivity index is 2.52. The highest BCUT2D eigenvalue weighted by Gasteiger charge is 2.19. The van der Waals surface area contributed by atoms with Crippen LogP contribution in [0.2, 0.25) is 0 Å². The Morgan fingerprint density at radius 3 is 2.60 bits per heavy atom. The Labute approximate surface area is 85.1 Å². The van der Waals surface area contributed by atoms with Crippen LogP contribution in [0.25, 0.3) is 11.5 Å². The van der Waals surface area contributed by atoms with E-state index in [2.05, 4.69) is 9.97 Å². The molecule has 7 heteroatoms. The van der Waals surface area contributed by atoms with Crippen LogP contribution in [0, 0.1) is 10.1 Å². The molecule has 0 aliphatic heterocycles. The molecule has 0 bridgehead atoms.